The molecule has 15 heavy (non-hydrogen) atoms. The summed E-state index contributed by atoms with van der Waals surface area (Å²) in [6.07, 6.45) is 2.45. The fourth-order valence-corrected chi connectivity index (χ4v) is 2.09. The summed E-state index contributed by atoms with van der Waals surface area (Å²) in [6, 6.07) is 3.04. The third kappa shape index (κ3) is 1.61. The Hall–Kier alpha value is -1.09. The third-order valence-electron chi connectivity index (χ3n) is 3.18. The standard InChI is InChI=1S/C12H15FO2/c1-8-6-11(15-2)10(13)7-9(8)12(14)4-3-5-12/h6-7,14H,3-5H2,1-2H3. The van der Waals surface area contributed by atoms with Gasteiger partial charge in [-0.2, -0.15) is 0 Å². The van der Waals surface area contributed by atoms with E-state index in [1.165, 1.54) is 13.2 Å². The lowest BCUT2D eigenvalue weighted by atomic mass is 9.73. The van der Waals surface area contributed by atoms with E-state index in [1.807, 2.05) is 6.92 Å². The van der Waals surface area contributed by atoms with Gasteiger partial charge < -0.3 is 9.84 Å². The van der Waals surface area contributed by atoms with Crippen LogP contribution < -0.4 is 4.74 Å². The number of benzene rings is 1. The SMILES string of the molecule is COc1cc(C)c(C2(O)CCC2)cc1F. The maximum atomic E-state index is 13.5. The van der Waals surface area contributed by atoms with Gasteiger partial charge in [0.1, 0.15) is 0 Å². The van der Waals surface area contributed by atoms with Crippen LogP contribution in [0.15, 0.2) is 12.1 Å². The number of halogens is 1. The fourth-order valence-electron chi connectivity index (χ4n) is 2.09. The predicted molar refractivity (Wildman–Crippen MR) is 55.4 cm³/mol. The zero-order valence-corrected chi connectivity index (χ0v) is 9.01. The number of hydrogen-bond donors (Lipinski definition) is 1. The van der Waals surface area contributed by atoms with Gasteiger partial charge in [-0.3, -0.25) is 0 Å². The smallest absolute Gasteiger partial charge is 0.165 e. The molecule has 1 aliphatic rings. The average Bonchev–Trinajstić information content (AvgIpc) is 2.17. The Bertz CT molecular complexity index is 383. The summed E-state index contributed by atoms with van der Waals surface area (Å²) in [5.74, 6) is -0.169. The zero-order valence-electron chi connectivity index (χ0n) is 9.01. The molecule has 1 saturated carbocycles. The molecule has 0 aliphatic heterocycles. The molecule has 0 radical (unpaired) electrons. The molecule has 2 rings (SSSR count). The van der Waals surface area contributed by atoms with Gasteiger partial charge in [-0.05, 0) is 49.4 Å². The van der Waals surface area contributed by atoms with Gasteiger partial charge in [0.2, 0.25) is 0 Å². The second-order valence-electron chi connectivity index (χ2n) is 4.19. The van der Waals surface area contributed by atoms with Gasteiger partial charge in [0.25, 0.3) is 0 Å². The van der Waals surface area contributed by atoms with Crippen LogP contribution in [0.2, 0.25) is 0 Å². The molecule has 1 aromatic carbocycles. The fraction of sp³-hybridized carbons (Fsp3) is 0.500. The summed E-state index contributed by atoms with van der Waals surface area (Å²) in [6.45, 7) is 1.87. The van der Waals surface area contributed by atoms with Crippen molar-refractivity contribution in [1.29, 1.82) is 0 Å². The number of methoxy groups -OCH3 is 1. The third-order valence-corrected chi connectivity index (χ3v) is 3.18. The van der Waals surface area contributed by atoms with Crippen molar-refractivity contribution in [1.82, 2.24) is 0 Å². The lowest BCUT2D eigenvalue weighted by Crippen LogP contribution is -2.34. The van der Waals surface area contributed by atoms with Crippen molar-refractivity contribution in [3.63, 3.8) is 0 Å². The first-order chi connectivity index (χ1) is 7.07. The quantitative estimate of drug-likeness (QED) is 0.812. The summed E-state index contributed by atoms with van der Waals surface area (Å²) in [7, 11) is 1.44. The largest absolute Gasteiger partial charge is 0.494 e. The van der Waals surface area contributed by atoms with Crippen molar-refractivity contribution in [2.75, 3.05) is 7.11 Å². The molecule has 1 aromatic rings. The number of aryl methyl sites for hydroxylation is 1. The van der Waals surface area contributed by atoms with Gasteiger partial charge in [-0.1, -0.05) is 0 Å². The molecular weight excluding hydrogens is 195 g/mol. The molecule has 0 heterocycles. The van der Waals surface area contributed by atoms with E-state index in [4.69, 9.17) is 4.74 Å². The molecule has 1 aliphatic carbocycles. The summed E-state index contributed by atoms with van der Waals surface area (Å²) < 4.78 is 18.4. The van der Waals surface area contributed by atoms with Gasteiger partial charge in [-0.25, -0.2) is 4.39 Å². The first-order valence-corrected chi connectivity index (χ1v) is 5.14. The molecule has 3 heteroatoms. The maximum absolute atomic E-state index is 13.5. The predicted octanol–water partition coefficient (Wildman–Crippen LogP) is 2.51. The molecule has 0 amide bonds. The summed E-state index contributed by atoms with van der Waals surface area (Å²) in [5, 5.41) is 10.1. The van der Waals surface area contributed by atoms with E-state index >= 15 is 0 Å². The van der Waals surface area contributed by atoms with Crippen molar-refractivity contribution >= 4 is 0 Å². The van der Waals surface area contributed by atoms with Crippen LogP contribution in [0, 0.1) is 12.7 Å². The van der Waals surface area contributed by atoms with Crippen molar-refractivity contribution in [2.45, 2.75) is 31.8 Å². The molecule has 82 valence electrons. The minimum absolute atomic E-state index is 0.235. The van der Waals surface area contributed by atoms with E-state index in [1.54, 1.807) is 6.07 Å². The van der Waals surface area contributed by atoms with Gasteiger partial charge in [0.15, 0.2) is 11.6 Å². The highest BCUT2D eigenvalue weighted by molar-refractivity contribution is 5.40. The lowest BCUT2D eigenvalue weighted by Gasteiger charge is -2.38. The number of ether oxygens (including phenoxy) is 1. The highest BCUT2D eigenvalue weighted by atomic mass is 19.1. The highest BCUT2D eigenvalue weighted by Gasteiger charge is 2.37. The molecule has 1 N–H and O–H groups in total. The topological polar surface area (TPSA) is 29.5 Å². The molecule has 0 atom stereocenters. The van der Waals surface area contributed by atoms with Crippen LogP contribution >= 0.6 is 0 Å². The minimum atomic E-state index is -0.808. The van der Waals surface area contributed by atoms with Crippen LogP contribution in [0.4, 0.5) is 4.39 Å². The van der Waals surface area contributed by atoms with E-state index < -0.39 is 11.4 Å². The maximum Gasteiger partial charge on any atom is 0.165 e. The Kier molecular flexibility index (Phi) is 2.43. The van der Waals surface area contributed by atoms with Crippen LogP contribution in [0.1, 0.15) is 30.4 Å². The second-order valence-corrected chi connectivity index (χ2v) is 4.19. The van der Waals surface area contributed by atoms with Crippen LogP contribution in [0.5, 0.6) is 5.75 Å². The first kappa shape index (κ1) is 10.4. The van der Waals surface area contributed by atoms with Gasteiger partial charge in [-0.15, -0.1) is 0 Å². The zero-order chi connectivity index (χ0) is 11.1. The van der Waals surface area contributed by atoms with Gasteiger partial charge in [0, 0.05) is 0 Å². The van der Waals surface area contributed by atoms with Gasteiger partial charge >= 0.3 is 0 Å². The Morgan fingerprint density at radius 1 is 1.40 bits per heavy atom. The molecule has 0 saturated heterocycles. The van der Waals surface area contributed by atoms with E-state index in [2.05, 4.69) is 0 Å². The minimum Gasteiger partial charge on any atom is -0.494 e. The average molecular weight is 210 g/mol. The monoisotopic (exact) mass is 210 g/mol. The number of hydrogen-bond acceptors (Lipinski definition) is 2. The Morgan fingerprint density at radius 3 is 2.53 bits per heavy atom. The van der Waals surface area contributed by atoms with Crippen molar-refractivity contribution in [3.05, 3.63) is 29.1 Å². The molecule has 1 fully saturated rings. The Morgan fingerprint density at radius 2 is 2.07 bits per heavy atom. The highest BCUT2D eigenvalue weighted by Crippen LogP contribution is 2.43. The number of aliphatic hydroxyl groups is 1. The molecule has 0 bridgehead atoms. The summed E-state index contributed by atoms with van der Waals surface area (Å²) in [5.41, 5.74) is 0.777. The first-order valence-electron chi connectivity index (χ1n) is 5.14. The van der Waals surface area contributed by atoms with Crippen LogP contribution in [0.3, 0.4) is 0 Å². The van der Waals surface area contributed by atoms with E-state index in [9.17, 15) is 9.50 Å². The summed E-state index contributed by atoms with van der Waals surface area (Å²) in [4.78, 5) is 0. The molecular formula is C12H15FO2. The molecule has 0 unspecified atom stereocenters. The van der Waals surface area contributed by atoms with Crippen LogP contribution in [0.25, 0.3) is 0 Å². The molecule has 2 nitrogen and oxygen atoms in total. The second kappa shape index (κ2) is 3.49. The lowest BCUT2D eigenvalue weighted by molar-refractivity contribution is -0.0395. The number of rotatable bonds is 2. The van der Waals surface area contributed by atoms with E-state index in [-0.39, 0.29) is 5.75 Å². The molecule has 0 aromatic heterocycles. The van der Waals surface area contributed by atoms with E-state index in [0.717, 1.165) is 24.8 Å². The van der Waals surface area contributed by atoms with E-state index in [0.29, 0.717) is 5.56 Å². The van der Waals surface area contributed by atoms with Crippen molar-refractivity contribution in [3.8, 4) is 5.75 Å². The Labute approximate surface area is 88.7 Å². The molecule has 0 spiro atoms. The Balaban J connectivity index is 2.45. The van der Waals surface area contributed by atoms with Crippen molar-refractivity contribution in [2.24, 2.45) is 0 Å². The van der Waals surface area contributed by atoms with Crippen LogP contribution in [-0.2, 0) is 5.60 Å². The van der Waals surface area contributed by atoms with Crippen LogP contribution in [-0.4, -0.2) is 12.2 Å². The van der Waals surface area contributed by atoms with Crippen molar-refractivity contribution < 1.29 is 14.2 Å². The normalized spacial score (nSPS) is 18.4. The summed E-state index contributed by atoms with van der Waals surface area (Å²) >= 11 is 0. The van der Waals surface area contributed by atoms with Gasteiger partial charge in [0.05, 0.1) is 12.7 Å².